The topological polar surface area (TPSA) is 20.5 Å². The van der Waals surface area contributed by atoms with Crippen LogP contribution in [0.2, 0.25) is 0 Å². The molecule has 0 spiro atoms. The number of carbonyl (C=O) groups excluding carboxylic acids is 1. The zero-order valence-corrected chi connectivity index (χ0v) is 26.6. The molecular formula is C25H26BCl6O2Sb. The van der Waals surface area contributed by atoms with Crippen molar-refractivity contribution in [2.75, 3.05) is 0 Å². The first kappa shape index (κ1) is 29.5. The second kappa shape index (κ2) is 10.6. The molecule has 3 aromatic carbocycles. The standard InChI is InChI=1S/C25H26BO2.6ClH.Sb/c1-25(2,3)21-14-16-22(17-15-21)26-27-23(19-10-6-4-7-11-19)18-24(28-26)20-12-8-5-9-13-20;;;;;;;/h4-17,23H,18H2,1-3H3;6*1H;/q+1;;;;;;;+5/p-6. The molecule has 0 saturated carbocycles. The number of rotatable bonds is 3. The molecule has 0 radical (unpaired) electrons. The number of hydrogen-bond acceptors (Lipinski definition) is 1. The van der Waals surface area contributed by atoms with Gasteiger partial charge in [-0.1, -0.05) is 93.6 Å². The van der Waals surface area contributed by atoms with E-state index in [9.17, 15) is 0 Å². The summed E-state index contributed by atoms with van der Waals surface area (Å²) < 4.78 is 12.7. The first-order valence-corrected chi connectivity index (χ1v) is 30.3. The van der Waals surface area contributed by atoms with Crippen LogP contribution in [0.1, 0.15) is 54.3 Å². The molecule has 0 N–H and O–H groups in total. The average Bonchev–Trinajstić information content (AvgIpc) is 2.77. The minimum atomic E-state index is -5.42. The second-order valence-corrected chi connectivity index (χ2v) is 66.2. The monoisotopic (exact) mass is 700 g/mol. The van der Waals surface area contributed by atoms with Crippen LogP contribution in [-0.2, 0) is 10.1 Å². The molecule has 0 saturated heterocycles. The van der Waals surface area contributed by atoms with Gasteiger partial charge in [0, 0.05) is 0 Å². The molecule has 0 amide bonds. The fourth-order valence-corrected chi connectivity index (χ4v) is 3.53. The van der Waals surface area contributed by atoms with Crippen molar-refractivity contribution in [2.24, 2.45) is 0 Å². The summed E-state index contributed by atoms with van der Waals surface area (Å²) in [6, 6.07) is 29.3. The molecule has 0 aliphatic carbocycles. The Morgan fingerprint density at radius 3 is 1.74 bits per heavy atom. The van der Waals surface area contributed by atoms with Crippen molar-refractivity contribution < 1.29 is 9.00 Å². The van der Waals surface area contributed by atoms with E-state index in [4.69, 9.17) is 62.0 Å². The van der Waals surface area contributed by atoms with Gasteiger partial charge in [-0.05, 0) is 28.7 Å². The fourth-order valence-electron chi connectivity index (χ4n) is 3.53. The zero-order valence-electron chi connectivity index (χ0n) is 19.5. The molecule has 3 aromatic rings. The third-order valence-electron chi connectivity index (χ3n) is 5.22. The summed E-state index contributed by atoms with van der Waals surface area (Å²) in [6.07, 6.45) is 0.697. The summed E-state index contributed by atoms with van der Waals surface area (Å²) in [5, 5.41) is 0. The molecule has 1 unspecified atom stereocenters. The van der Waals surface area contributed by atoms with Crippen molar-refractivity contribution in [2.45, 2.75) is 38.7 Å². The maximum atomic E-state index is 6.39. The van der Waals surface area contributed by atoms with Gasteiger partial charge in [0.15, 0.2) is 0 Å². The van der Waals surface area contributed by atoms with Crippen molar-refractivity contribution in [1.29, 1.82) is 0 Å². The third kappa shape index (κ3) is 11.0. The Hall–Kier alpha value is -0.0869. The fraction of sp³-hybridized carbons (Fsp3) is 0.240. The van der Waals surface area contributed by atoms with Crippen LogP contribution in [0.15, 0.2) is 84.9 Å². The van der Waals surface area contributed by atoms with Crippen LogP contribution in [0.25, 0.3) is 0 Å². The number of hydrogen-bond donors (Lipinski definition) is 0. The summed E-state index contributed by atoms with van der Waals surface area (Å²) in [7, 11) is 24.6. The van der Waals surface area contributed by atoms with Crippen LogP contribution in [-0.4, -0.2) is 22.0 Å². The van der Waals surface area contributed by atoms with Crippen LogP contribution in [0.5, 0.6) is 0 Å². The van der Waals surface area contributed by atoms with E-state index in [1.54, 1.807) is 0 Å². The van der Waals surface area contributed by atoms with Gasteiger partial charge in [0.25, 0.3) is 5.78 Å². The number of benzene rings is 3. The summed E-state index contributed by atoms with van der Waals surface area (Å²) in [5.41, 5.74) is 4.76. The van der Waals surface area contributed by atoms with Gasteiger partial charge >= 0.3 is 69.2 Å². The van der Waals surface area contributed by atoms with Gasteiger partial charge in [-0.15, -0.1) is 0 Å². The van der Waals surface area contributed by atoms with Gasteiger partial charge in [0.2, 0.25) is 0 Å². The molecule has 0 bridgehead atoms. The van der Waals surface area contributed by atoms with Crippen molar-refractivity contribution in [3.63, 3.8) is 0 Å². The van der Waals surface area contributed by atoms with Gasteiger partial charge in [-0.25, -0.2) is 0 Å². The van der Waals surface area contributed by atoms with E-state index >= 15 is 0 Å². The molecular weight excluding hydrogens is 678 g/mol. The predicted octanol–water partition coefficient (Wildman–Crippen LogP) is 9.02. The average molecular weight is 704 g/mol. The Labute approximate surface area is 227 Å². The normalized spacial score (nSPS) is 18.5. The molecule has 4 rings (SSSR count). The third-order valence-corrected chi connectivity index (χ3v) is 5.22. The minimum absolute atomic E-state index is 0.0301. The summed E-state index contributed by atoms with van der Waals surface area (Å²) >= 11 is 0. The van der Waals surface area contributed by atoms with Gasteiger partial charge in [0.1, 0.15) is 0 Å². The van der Waals surface area contributed by atoms with Gasteiger partial charge < -0.3 is 9.00 Å². The number of halogens is 6. The molecule has 0 fully saturated rings. The summed E-state index contributed by atoms with van der Waals surface area (Å²) in [5.74, 6) is 0.977. The number of ketones is 1. The van der Waals surface area contributed by atoms with Gasteiger partial charge in [0.05, 0.1) is 23.6 Å². The molecule has 188 valence electrons. The molecule has 1 aliphatic rings. The van der Waals surface area contributed by atoms with Gasteiger partial charge in [-0.2, -0.15) is 0 Å². The van der Waals surface area contributed by atoms with E-state index < -0.39 is 16.3 Å². The quantitative estimate of drug-likeness (QED) is 0.197. The van der Waals surface area contributed by atoms with E-state index in [2.05, 4.69) is 81.4 Å². The van der Waals surface area contributed by atoms with Crippen molar-refractivity contribution in [1.82, 2.24) is 0 Å². The molecule has 1 aliphatic heterocycles. The maximum absolute atomic E-state index is 6.39. The Balaban J connectivity index is 0.000000429. The molecule has 1 atom stereocenters. The van der Waals surface area contributed by atoms with Crippen LogP contribution in [0.3, 0.4) is 0 Å². The van der Waals surface area contributed by atoms with Crippen molar-refractivity contribution >= 4 is 80.5 Å². The van der Waals surface area contributed by atoms with E-state index in [1.807, 2.05) is 24.3 Å². The van der Waals surface area contributed by atoms with E-state index in [1.165, 1.54) is 11.1 Å². The van der Waals surface area contributed by atoms with E-state index in [-0.39, 0.29) is 11.5 Å². The summed E-state index contributed by atoms with van der Waals surface area (Å²) in [4.78, 5) is 0. The first-order chi connectivity index (χ1) is 16.0. The Kier molecular flexibility index (Phi) is 8.91. The van der Waals surface area contributed by atoms with E-state index in [0.29, 0.717) is 0 Å². The zero-order chi connectivity index (χ0) is 26.0. The molecule has 0 aromatic heterocycles. The van der Waals surface area contributed by atoms with Crippen molar-refractivity contribution in [3.8, 4) is 0 Å². The molecule has 35 heavy (non-hydrogen) atoms. The second-order valence-electron chi connectivity index (χ2n) is 9.31. The van der Waals surface area contributed by atoms with Crippen LogP contribution < -0.4 is 5.46 Å². The molecule has 10 heteroatoms. The molecule has 2 nitrogen and oxygen atoms in total. The van der Waals surface area contributed by atoms with Crippen LogP contribution in [0.4, 0.5) is 0 Å². The summed E-state index contributed by atoms with van der Waals surface area (Å²) in [6.45, 7) is 6.67. The van der Waals surface area contributed by atoms with E-state index in [0.717, 1.165) is 23.2 Å². The Morgan fingerprint density at radius 2 is 1.26 bits per heavy atom. The Bertz CT molecular complexity index is 1150. The Morgan fingerprint density at radius 1 is 0.771 bits per heavy atom. The predicted molar refractivity (Wildman–Crippen MR) is 157 cm³/mol. The van der Waals surface area contributed by atoms with Crippen LogP contribution in [0, 0.1) is 0 Å². The van der Waals surface area contributed by atoms with Crippen molar-refractivity contribution in [3.05, 3.63) is 102 Å². The molecule has 1 heterocycles. The van der Waals surface area contributed by atoms with Crippen LogP contribution >= 0.6 is 53.0 Å². The first-order valence-electron chi connectivity index (χ1n) is 10.9. The van der Waals surface area contributed by atoms with Gasteiger partial charge in [-0.3, -0.25) is 0 Å². The SMILES string of the molecule is CC(C)(C)c1ccc(B2OC(c3ccccc3)CC(c3ccccc3)=[O+]2)cc1.[Cl][Sb-]([Cl])([Cl])([Cl])([Cl])[Cl].